The molecule has 0 saturated heterocycles. The first kappa shape index (κ1) is 16.4. The van der Waals surface area contributed by atoms with E-state index in [0.29, 0.717) is 22.3 Å². The quantitative estimate of drug-likeness (QED) is 0.756. The third kappa shape index (κ3) is 5.75. The fourth-order valence-electron chi connectivity index (χ4n) is 1.70. The summed E-state index contributed by atoms with van der Waals surface area (Å²) in [4.78, 5) is 0. The van der Waals surface area contributed by atoms with Crippen LogP contribution in [-0.4, -0.2) is 24.4 Å². The van der Waals surface area contributed by atoms with Crippen molar-refractivity contribution in [3.8, 4) is 5.75 Å². The number of aliphatic hydroxyl groups is 1. The summed E-state index contributed by atoms with van der Waals surface area (Å²) >= 11 is 15.2. The van der Waals surface area contributed by atoms with E-state index in [1.165, 1.54) is 0 Å². The van der Waals surface area contributed by atoms with E-state index >= 15 is 0 Å². The van der Waals surface area contributed by atoms with Crippen molar-refractivity contribution in [3.63, 3.8) is 0 Å². The van der Waals surface area contributed by atoms with Crippen molar-refractivity contribution < 1.29 is 9.84 Å². The zero-order chi connectivity index (χ0) is 15.2. The number of hydrogen-bond donors (Lipinski definition) is 2. The first-order valence-electron chi connectivity index (χ1n) is 6.29. The van der Waals surface area contributed by atoms with Gasteiger partial charge < -0.3 is 15.2 Å². The summed E-state index contributed by atoms with van der Waals surface area (Å²) in [6, 6.07) is 12.6. The number of aliphatic hydroxyl groups excluding tert-OH is 1. The molecule has 0 fully saturated rings. The molecule has 0 aliphatic heterocycles. The van der Waals surface area contributed by atoms with Crippen LogP contribution < -0.4 is 10.1 Å². The van der Waals surface area contributed by atoms with Crippen molar-refractivity contribution in [1.29, 1.82) is 0 Å². The summed E-state index contributed by atoms with van der Waals surface area (Å²) in [6.07, 6.45) is -0.651. The molecule has 0 aliphatic rings. The molecule has 0 amide bonds. The van der Waals surface area contributed by atoms with E-state index in [1.807, 2.05) is 24.3 Å². The minimum Gasteiger partial charge on any atom is -0.491 e. The average molecular weight is 391 g/mol. The van der Waals surface area contributed by atoms with Crippen LogP contribution in [0, 0.1) is 0 Å². The number of hydrogen-bond acceptors (Lipinski definition) is 3. The molecule has 0 saturated carbocycles. The van der Waals surface area contributed by atoms with Crippen LogP contribution >= 0.6 is 39.1 Å². The molecule has 0 bridgehead atoms. The highest BCUT2D eigenvalue weighted by molar-refractivity contribution is 9.10. The molecule has 112 valence electrons. The maximum absolute atomic E-state index is 9.91. The molecule has 0 radical (unpaired) electrons. The summed E-state index contributed by atoms with van der Waals surface area (Å²) in [5.41, 5.74) is 0.758. The summed E-state index contributed by atoms with van der Waals surface area (Å²) in [6.45, 7) is 0.530. The highest BCUT2D eigenvalue weighted by atomic mass is 79.9. The Hall–Kier alpha value is -0.940. The van der Waals surface area contributed by atoms with Gasteiger partial charge in [-0.05, 0) is 36.4 Å². The molecule has 0 spiro atoms. The summed E-state index contributed by atoms with van der Waals surface area (Å²) < 4.78 is 6.44. The molecule has 0 aliphatic carbocycles. The van der Waals surface area contributed by atoms with Crippen molar-refractivity contribution in [3.05, 3.63) is 57.0 Å². The van der Waals surface area contributed by atoms with Crippen LogP contribution in [0.25, 0.3) is 0 Å². The van der Waals surface area contributed by atoms with Gasteiger partial charge in [-0.3, -0.25) is 0 Å². The molecule has 2 N–H and O–H groups in total. The van der Waals surface area contributed by atoms with Crippen molar-refractivity contribution in [2.24, 2.45) is 0 Å². The number of nitrogens with one attached hydrogen (secondary N) is 1. The van der Waals surface area contributed by atoms with E-state index in [9.17, 15) is 5.11 Å². The maximum atomic E-state index is 9.91. The zero-order valence-corrected chi connectivity index (χ0v) is 14.1. The average Bonchev–Trinajstić information content (AvgIpc) is 2.42. The minimum atomic E-state index is -0.651. The fourth-order valence-corrected chi connectivity index (χ4v) is 2.60. The van der Waals surface area contributed by atoms with Gasteiger partial charge in [0.1, 0.15) is 18.5 Å². The van der Waals surface area contributed by atoms with Gasteiger partial charge in [-0.1, -0.05) is 45.2 Å². The molecular weight excluding hydrogens is 377 g/mol. The van der Waals surface area contributed by atoms with E-state index in [2.05, 4.69) is 21.2 Å². The molecular formula is C15H14BrCl2NO2. The second-order valence-corrected chi connectivity index (χ2v) is 6.25. The second-order valence-electron chi connectivity index (χ2n) is 4.46. The number of ether oxygens (including phenoxy) is 1. The van der Waals surface area contributed by atoms with Crippen LogP contribution in [0.4, 0.5) is 5.69 Å². The highest BCUT2D eigenvalue weighted by Gasteiger charge is 2.06. The van der Waals surface area contributed by atoms with E-state index < -0.39 is 6.10 Å². The molecule has 0 heterocycles. The van der Waals surface area contributed by atoms with Crippen molar-refractivity contribution >= 4 is 44.8 Å². The number of halogens is 3. The smallest absolute Gasteiger partial charge is 0.120 e. The van der Waals surface area contributed by atoms with Crippen LogP contribution in [0.15, 0.2) is 46.9 Å². The topological polar surface area (TPSA) is 41.5 Å². The van der Waals surface area contributed by atoms with Gasteiger partial charge in [-0.15, -0.1) is 0 Å². The Labute approximate surface area is 142 Å². The highest BCUT2D eigenvalue weighted by Crippen LogP contribution is 2.22. The Morgan fingerprint density at radius 1 is 1.14 bits per heavy atom. The van der Waals surface area contributed by atoms with Crippen LogP contribution in [0.2, 0.25) is 10.0 Å². The van der Waals surface area contributed by atoms with E-state index in [1.54, 1.807) is 18.2 Å². The zero-order valence-electron chi connectivity index (χ0n) is 11.0. The summed E-state index contributed by atoms with van der Waals surface area (Å²) in [5, 5.41) is 14.1. The molecule has 2 aromatic carbocycles. The van der Waals surface area contributed by atoms with Crippen LogP contribution in [-0.2, 0) is 0 Å². The van der Waals surface area contributed by atoms with E-state index in [-0.39, 0.29) is 6.61 Å². The third-order valence-electron chi connectivity index (χ3n) is 2.64. The number of anilines is 1. The normalized spacial score (nSPS) is 12.0. The molecule has 6 heteroatoms. The van der Waals surface area contributed by atoms with Crippen LogP contribution in [0.3, 0.4) is 0 Å². The monoisotopic (exact) mass is 389 g/mol. The third-order valence-corrected chi connectivity index (χ3v) is 3.57. The Morgan fingerprint density at radius 3 is 2.52 bits per heavy atom. The first-order valence-corrected chi connectivity index (χ1v) is 7.84. The fraction of sp³-hybridized carbons (Fsp3) is 0.200. The molecule has 2 rings (SSSR count). The van der Waals surface area contributed by atoms with Gasteiger partial charge in [0.25, 0.3) is 0 Å². The Kier molecular flexibility index (Phi) is 6.18. The number of rotatable bonds is 6. The SMILES string of the molecule is OC(CNc1cc(Cl)cc(Cl)c1)COc1cccc(Br)c1. The molecule has 21 heavy (non-hydrogen) atoms. The van der Waals surface area contributed by atoms with E-state index in [4.69, 9.17) is 27.9 Å². The second kappa shape index (κ2) is 7.90. The Balaban J connectivity index is 1.80. The lowest BCUT2D eigenvalue weighted by atomic mass is 10.3. The molecule has 0 aromatic heterocycles. The van der Waals surface area contributed by atoms with Crippen molar-refractivity contribution in [1.82, 2.24) is 0 Å². The molecule has 1 unspecified atom stereocenters. The lowest BCUT2D eigenvalue weighted by Gasteiger charge is -2.14. The Bertz CT molecular complexity index is 590. The number of benzene rings is 2. The van der Waals surface area contributed by atoms with Gasteiger partial charge in [0.15, 0.2) is 0 Å². The molecule has 3 nitrogen and oxygen atoms in total. The summed E-state index contributed by atoms with van der Waals surface area (Å²) in [5.74, 6) is 0.703. The molecule has 1 atom stereocenters. The van der Waals surface area contributed by atoms with Gasteiger partial charge >= 0.3 is 0 Å². The minimum absolute atomic E-state index is 0.192. The predicted octanol–water partition coefficient (Wildman–Crippen LogP) is 4.61. The van der Waals surface area contributed by atoms with Gasteiger partial charge in [0, 0.05) is 26.8 Å². The van der Waals surface area contributed by atoms with Crippen molar-refractivity contribution in [2.75, 3.05) is 18.5 Å². The van der Waals surface area contributed by atoms with Crippen LogP contribution in [0.5, 0.6) is 5.75 Å². The van der Waals surface area contributed by atoms with Gasteiger partial charge in [-0.25, -0.2) is 0 Å². The standard InChI is InChI=1S/C15H14BrCl2NO2/c16-10-2-1-3-15(4-10)21-9-14(20)8-19-13-6-11(17)5-12(18)7-13/h1-7,14,19-20H,8-9H2. The maximum Gasteiger partial charge on any atom is 0.120 e. The predicted molar refractivity (Wildman–Crippen MR) is 90.6 cm³/mol. The summed E-state index contributed by atoms with van der Waals surface area (Å²) in [7, 11) is 0. The van der Waals surface area contributed by atoms with Crippen molar-refractivity contribution in [2.45, 2.75) is 6.10 Å². The first-order chi connectivity index (χ1) is 10.0. The lowest BCUT2D eigenvalue weighted by molar-refractivity contribution is 0.117. The van der Waals surface area contributed by atoms with Gasteiger partial charge in [0.05, 0.1) is 0 Å². The van der Waals surface area contributed by atoms with Gasteiger partial charge in [0.2, 0.25) is 0 Å². The molecule has 2 aromatic rings. The lowest BCUT2D eigenvalue weighted by Crippen LogP contribution is -2.26. The van der Waals surface area contributed by atoms with Gasteiger partial charge in [-0.2, -0.15) is 0 Å². The van der Waals surface area contributed by atoms with Crippen LogP contribution in [0.1, 0.15) is 0 Å². The van der Waals surface area contributed by atoms with E-state index in [0.717, 1.165) is 10.2 Å². The Morgan fingerprint density at radius 2 is 1.86 bits per heavy atom. The largest absolute Gasteiger partial charge is 0.491 e.